The summed E-state index contributed by atoms with van der Waals surface area (Å²) in [7, 11) is 0. The topological polar surface area (TPSA) is 49.3 Å². The number of benzene rings is 1. The monoisotopic (exact) mass is 279 g/mol. The summed E-state index contributed by atoms with van der Waals surface area (Å²) in [4.78, 5) is 13.1. The van der Waals surface area contributed by atoms with Crippen LogP contribution in [0.2, 0.25) is 0 Å². The van der Waals surface area contributed by atoms with E-state index in [4.69, 9.17) is 0 Å². The molecule has 1 amide bonds. The molecule has 0 aliphatic carbocycles. The van der Waals surface area contributed by atoms with Crippen LogP contribution in [0.5, 0.6) is 5.75 Å². The molecular formula is C14H14FNO2S. The first-order chi connectivity index (χ1) is 9.08. The van der Waals surface area contributed by atoms with Gasteiger partial charge in [-0.1, -0.05) is 12.1 Å². The first-order valence-corrected chi connectivity index (χ1v) is 6.76. The van der Waals surface area contributed by atoms with Crippen LogP contribution in [-0.2, 0) is 6.42 Å². The van der Waals surface area contributed by atoms with Crippen molar-refractivity contribution in [3.05, 3.63) is 52.0 Å². The van der Waals surface area contributed by atoms with Gasteiger partial charge in [-0.05, 0) is 30.5 Å². The van der Waals surface area contributed by atoms with E-state index in [9.17, 15) is 14.3 Å². The fourth-order valence-corrected chi connectivity index (χ4v) is 2.65. The second-order valence-corrected chi connectivity index (χ2v) is 5.32. The minimum absolute atomic E-state index is 0.134. The van der Waals surface area contributed by atoms with E-state index in [0.29, 0.717) is 6.42 Å². The maximum absolute atomic E-state index is 13.5. The highest BCUT2D eigenvalue weighted by Gasteiger charge is 2.18. The van der Waals surface area contributed by atoms with Crippen LogP contribution in [0, 0.1) is 5.82 Å². The lowest BCUT2D eigenvalue weighted by Gasteiger charge is -2.14. The molecule has 5 heteroatoms. The van der Waals surface area contributed by atoms with Crippen LogP contribution in [0.4, 0.5) is 4.39 Å². The minimum Gasteiger partial charge on any atom is -0.507 e. The molecule has 0 radical (unpaired) electrons. The second kappa shape index (κ2) is 5.84. The van der Waals surface area contributed by atoms with Crippen molar-refractivity contribution in [2.45, 2.75) is 19.4 Å². The summed E-state index contributed by atoms with van der Waals surface area (Å²) in [6.45, 7) is 1.84. The summed E-state index contributed by atoms with van der Waals surface area (Å²) >= 11 is 1.61. The average Bonchev–Trinajstić information content (AvgIpc) is 2.81. The first kappa shape index (κ1) is 13.5. The Labute approximate surface area is 114 Å². The van der Waals surface area contributed by atoms with Crippen molar-refractivity contribution >= 4 is 17.2 Å². The molecular weight excluding hydrogens is 265 g/mol. The van der Waals surface area contributed by atoms with Crippen molar-refractivity contribution in [2.75, 3.05) is 0 Å². The number of phenols is 1. The van der Waals surface area contributed by atoms with Crippen LogP contribution in [0.3, 0.4) is 0 Å². The van der Waals surface area contributed by atoms with Crippen LogP contribution in [0.25, 0.3) is 0 Å². The lowest BCUT2D eigenvalue weighted by atomic mass is 10.1. The van der Waals surface area contributed by atoms with Crippen LogP contribution in [-0.4, -0.2) is 17.1 Å². The number of carbonyl (C=O) groups is 1. The molecule has 1 atom stereocenters. The van der Waals surface area contributed by atoms with Crippen LogP contribution < -0.4 is 5.32 Å². The van der Waals surface area contributed by atoms with E-state index in [1.54, 1.807) is 11.3 Å². The Bertz CT molecular complexity index is 549. The number of aromatic hydroxyl groups is 1. The fourth-order valence-electron chi connectivity index (χ4n) is 1.82. The minimum atomic E-state index is -0.721. The Hall–Kier alpha value is -1.88. The van der Waals surface area contributed by atoms with Gasteiger partial charge >= 0.3 is 0 Å². The molecule has 0 aliphatic rings. The maximum Gasteiger partial charge on any atom is 0.258 e. The van der Waals surface area contributed by atoms with Crippen LogP contribution >= 0.6 is 11.3 Å². The van der Waals surface area contributed by atoms with Crippen LogP contribution in [0.15, 0.2) is 35.7 Å². The molecule has 1 aromatic heterocycles. The Balaban J connectivity index is 2.04. The number of carbonyl (C=O) groups excluding carboxylic acids is 1. The first-order valence-electron chi connectivity index (χ1n) is 5.88. The summed E-state index contributed by atoms with van der Waals surface area (Å²) in [5.41, 5.74) is -0.305. The summed E-state index contributed by atoms with van der Waals surface area (Å²) in [5.74, 6) is -1.67. The Morgan fingerprint density at radius 1 is 1.42 bits per heavy atom. The van der Waals surface area contributed by atoms with Gasteiger partial charge in [0.1, 0.15) is 17.1 Å². The molecule has 0 spiro atoms. The van der Waals surface area contributed by atoms with Gasteiger partial charge < -0.3 is 10.4 Å². The summed E-state index contributed by atoms with van der Waals surface area (Å²) in [6, 6.07) is 7.59. The maximum atomic E-state index is 13.5. The zero-order valence-electron chi connectivity index (χ0n) is 10.4. The zero-order chi connectivity index (χ0) is 13.8. The van der Waals surface area contributed by atoms with Crippen molar-refractivity contribution in [1.29, 1.82) is 0 Å². The lowest BCUT2D eigenvalue weighted by Crippen LogP contribution is -2.34. The number of hydrogen-bond acceptors (Lipinski definition) is 3. The fraction of sp³-hybridized carbons (Fsp3) is 0.214. The van der Waals surface area contributed by atoms with E-state index in [1.807, 2.05) is 24.4 Å². The molecule has 1 aromatic carbocycles. The number of halogens is 1. The van der Waals surface area contributed by atoms with Crippen LogP contribution in [0.1, 0.15) is 22.2 Å². The molecule has 3 nitrogen and oxygen atoms in total. The van der Waals surface area contributed by atoms with Crippen molar-refractivity contribution in [3.8, 4) is 5.75 Å². The third kappa shape index (κ3) is 3.32. The second-order valence-electron chi connectivity index (χ2n) is 4.29. The number of amides is 1. The molecule has 0 fully saturated rings. The molecule has 0 bridgehead atoms. The summed E-state index contributed by atoms with van der Waals surface area (Å²) in [5, 5.41) is 14.2. The molecule has 19 heavy (non-hydrogen) atoms. The zero-order valence-corrected chi connectivity index (χ0v) is 11.2. The van der Waals surface area contributed by atoms with Gasteiger partial charge in [-0.15, -0.1) is 11.3 Å². The highest BCUT2D eigenvalue weighted by Crippen LogP contribution is 2.20. The average molecular weight is 279 g/mol. The van der Waals surface area contributed by atoms with E-state index in [0.717, 1.165) is 10.9 Å². The number of hydrogen-bond donors (Lipinski definition) is 2. The smallest absolute Gasteiger partial charge is 0.258 e. The SMILES string of the molecule is CC(Cc1cccs1)NC(=O)c1c(O)cccc1F. The van der Waals surface area contributed by atoms with Gasteiger partial charge in [-0.3, -0.25) is 4.79 Å². The van der Waals surface area contributed by atoms with Crippen molar-refractivity contribution in [3.63, 3.8) is 0 Å². The Kier molecular flexibility index (Phi) is 4.16. The summed E-state index contributed by atoms with van der Waals surface area (Å²) < 4.78 is 13.5. The number of rotatable bonds is 4. The molecule has 0 saturated heterocycles. The van der Waals surface area contributed by atoms with E-state index in [1.165, 1.54) is 12.1 Å². The standard InChI is InChI=1S/C14H14FNO2S/c1-9(8-10-4-3-7-19-10)16-14(18)13-11(15)5-2-6-12(13)17/h2-7,9,17H,8H2,1H3,(H,16,18). The molecule has 2 rings (SSSR count). The normalized spacial score (nSPS) is 12.1. The van der Waals surface area contributed by atoms with Gasteiger partial charge in [0.15, 0.2) is 0 Å². The van der Waals surface area contributed by atoms with E-state index >= 15 is 0 Å². The van der Waals surface area contributed by atoms with Gasteiger partial charge in [-0.2, -0.15) is 0 Å². The van der Waals surface area contributed by atoms with Crippen molar-refractivity contribution in [2.24, 2.45) is 0 Å². The molecule has 2 aromatic rings. The predicted molar refractivity (Wildman–Crippen MR) is 73.0 cm³/mol. The van der Waals surface area contributed by atoms with Gasteiger partial charge in [-0.25, -0.2) is 4.39 Å². The van der Waals surface area contributed by atoms with Gasteiger partial charge in [0, 0.05) is 17.3 Å². The summed E-state index contributed by atoms with van der Waals surface area (Å²) in [6.07, 6.45) is 0.679. The van der Waals surface area contributed by atoms with Gasteiger partial charge in [0.25, 0.3) is 5.91 Å². The third-order valence-corrected chi connectivity index (χ3v) is 3.58. The van der Waals surface area contributed by atoms with Gasteiger partial charge in [0.2, 0.25) is 0 Å². The highest BCUT2D eigenvalue weighted by atomic mass is 32.1. The molecule has 2 N–H and O–H groups in total. The van der Waals surface area contributed by atoms with E-state index < -0.39 is 11.7 Å². The third-order valence-electron chi connectivity index (χ3n) is 2.68. The Morgan fingerprint density at radius 2 is 2.21 bits per heavy atom. The van der Waals surface area contributed by atoms with Gasteiger partial charge in [0.05, 0.1) is 0 Å². The molecule has 0 aliphatic heterocycles. The highest BCUT2D eigenvalue weighted by molar-refractivity contribution is 7.09. The predicted octanol–water partition coefficient (Wildman–Crippen LogP) is 2.95. The number of nitrogens with one attached hydrogen (secondary N) is 1. The quantitative estimate of drug-likeness (QED) is 0.904. The van der Waals surface area contributed by atoms with Crippen molar-refractivity contribution < 1.29 is 14.3 Å². The molecule has 100 valence electrons. The molecule has 1 unspecified atom stereocenters. The van der Waals surface area contributed by atoms with E-state index in [2.05, 4.69) is 5.32 Å². The van der Waals surface area contributed by atoms with E-state index in [-0.39, 0.29) is 17.4 Å². The number of phenolic OH excluding ortho intramolecular Hbond substituents is 1. The largest absolute Gasteiger partial charge is 0.507 e. The lowest BCUT2D eigenvalue weighted by molar-refractivity contribution is 0.0933. The Morgan fingerprint density at radius 3 is 2.84 bits per heavy atom. The molecule has 1 heterocycles. The number of thiophene rings is 1. The van der Waals surface area contributed by atoms with Crippen molar-refractivity contribution in [1.82, 2.24) is 5.32 Å². The molecule has 0 saturated carbocycles.